The van der Waals surface area contributed by atoms with E-state index in [4.69, 9.17) is 8.92 Å². The lowest BCUT2D eigenvalue weighted by atomic mass is 9.35. The Bertz CT molecular complexity index is 874. The molecule has 2 bridgehead atoms. The Labute approximate surface area is 173 Å². The van der Waals surface area contributed by atoms with Gasteiger partial charge in [0.1, 0.15) is 0 Å². The van der Waals surface area contributed by atoms with Crippen molar-refractivity contribution in [1.29, 1.82) is 0 Å². The summed E-state index contributed by atoms with van der Waals surface area (Å²) in [6.45, 7) is 8.33. The first-order valence-electron chi connectivity index (χ1n) is 10.6. The van der Waals surface area contributed by atoms with Gasteiger partial charge in [-0.1, -0.05) is 26.8 Å². The second-order valence-corrected chi connectivity index (χ2v) is 12.0. The molecular formula is C22H32O6S. The summed E-state index contributed by atoms with van der Waals surface area (Å²) in [5.41, 5.74) is -1.39. The highest BCUT2D eigenvalue weighted by molar-refractivity contribution is 7.86. The molecule has 0 aromatic rings. The summed E-state index contributed by atoms with van der Waals surface area (Å²) in [6, 6.07) is 0. The smallest absolute Gasteiger partial charge is 0.312 e. The number of esters is 1. The first-order valence-corrected chi connectivity index (χ1v) is 12.4. The quantitative estimate of drug-likeness (QED) is 0.393. The van der Waals surface area contributed by atoms with Gasteiger partial charge >= 0.3 is 5.97 Å². The average molecular weight is 425 g/mol. The lowest BCUT2D eigenvalue weighted by Crippen LogP contribution is -2.71. The van der Waals surface area contributed by atoms with Crippen molar-refractivity contribution in [2.75, 3.05) is 13.4 Å². The molecule has 7 heteroatoms. The Kier molecular flexibility index (Phi) is 4.64. The second-order valence-electron chi connectivity index (χ2n) is 10.4. The Morgan fingerprint density at radius 3 is 2.45 bits per heavy atom. The molecule has 162 valence electrons. The predicted octanol–water partition coefficient (Wildman–Crippen LogP) is 3.26. The Balaban J connectivity index is 1.95. The van der Waals surface area contributed by atoms with Gasteiger partial charge in [0.05, 0.1) is 30.3 Å². The molecule has 3 unspecified atom stereocenters. The largest absolute Gasteiger partial charge is 0.469 e. The van der Waals surface area contributed by atoms with Crippen LogP contribution in [0.15, 0.2) is 12.2 Å². The van der Waals surface area contributed by atoms with Gasteiger partial charge in [-0.25, -0.2) is 0 Å². The van der Waals surface area contributed by atoms with Crippen molar-refractivity contribution >= 4 is 21.9 Å². The monoisotopic (exact) mass is 424 g/mol. The van der Waals surface area contributed by atoms with E-state index in [1.54, 1.807) is 0 Å². The van der Waals surface area contributed by atoms with Gasteiger partial charge in [-0.15, -0.1) is 0 Å². The summed E-state index contributed by atoms with van der Waals surface area (Å²) in [7, 11) is -2.34. The number of ether oxygens (including phenoxy) is 1. The fraction of sp³-hybridized carbons (Fsp3) is 0.818. The van der Waals surface area contributed by atoms with Crippen molar-refractivity contribution in [3.63, 3.8) is 0 Å². The molecule has 5 rings (SSSR count). The molecule has 0 saturated heterocycles. The van der Waals surface area contributed by atoms with Gasteiger partial charge < -0.3 is 4.74 Å². The molecule has 0 amide bonds. The lowest BCUT2D eigenvalue weighted by molar-refractivity contribution is -0.223. The highest BCUT2D eigenvalue weighted by atomic mass is 32.2. The van der Waals surface area contributed by atoms with Crippen LogP contribution in [0.25, 0.3) is 0 Å². The van der Waals surface area contributed by atoms with Crippen LogP contribution in [-0.4, -0.2) is 39.6 Å². The number of carbonyl (C=O) groups excluding carboxylic acids is 2. The number of rotatable bonds is 3. The molecule has 29 heavy (non-hydrogen) atoms. The van der Waals surface area contributed by atoms with Crippen molar-refractivity contribution in [3.05, 3.63) is 12.2 Å². The van der Waals surface area contributed by atoms with Gasteiger partial charge in [0, 0.05) is 0 Å². The van der Waals surface area contributed by atoms with E-state index in [2.05, 4.69) is 20.4 Å². The van der Waals surface area contributed by atoms with E-state index in [-0.39, 0.29) is 34.9 Å². The predicted molar refractivity (Wildman–Crippen MR) is 107 cm³/mol. The number of ketones is 1. The molecule has 0 N–H and O–H groups in total. The Morgan fingerprint density at radius 1 is 1.14 bits per heavy atom. The molecule has 5 saturated carbocycles. The van der Waals surface area contributed by atoms with Crippen LogP contribution < -0.4 is 0 Å². The molecule has 0 heterocycles. The molecule has 0 aliphatic heterocycles. The fourth-order valence-electron chi connectivity index (χ4n) is 7.64. The minimum atomic E-state index is -3.76. The van der Waals surface area contributed by atoms with Crippen LogP contribution in [0.5, 0.6) is 0 Å². The topological polar surface area (TPSA) is 86.7 Å². The summed E-state index contributed by atoms with van der Waals surface area (Å²) in [4.78, 5) is 27.0. The Hall–Kier alpha value is -1.21. The molecule has 5 aliphatic carbocycles. The maximum absolute atomic E-state index is 13.6. The van der Waals surface area contributed by atoms with Crippen LogP contribution in [0.3, 0.4) is 0 Å². The maximum atomic E-state index is 13.6. The number of methoxy groups -OCH3 is 1. The van der Waals surface area contributed by atoms with E-state index in [1.807, 2.05) is 0 Å². The van der Waals surface area contributed by atoms with Crippen molar-refractivity contribution < 1.29 is 26.9 Å². The van der Waals surface area contributed by atoms with E-state index in [0.717, 1.165) is 25.5 Å². The van der Waals surface area contributed by atoms with Gasteiger partial charge in [0.15, 0.2) is 5.78 Å². The normalized spacial score (nSPS) is 43.4. The van der Waals surface area contributed by atoms with E-state index < -0.39 is 27.1 Å². The third-order valence-electron chi connectivity index (χ3n) is 8.73. The average Bonchev–Trinajstić information content (AvgIpc) is 2.64. The van der Waals surface area contributed by atoms with Crippen molar-refractivity contribution in [1.82, 2.24) is 0 Å². The van der Waals surface area contributed by atoms with Crippen LogP contribution >= 0.6 is 0 Å². The summed E-state index contributed by atoms with van der Waals surface area (Å²) in [6.07, 6.45) is 5.19. The number of Topliss-reactive ketones (excluding diaryl/α,β-unsaturated/α-hetero) is 1. The number of hydrogen-bond donors (Lipinski definition) is 0. The number of allylic oxidation sites excluding steroid dienone is 1. The number of carbonyl (C=O) groups is 2. The van der Waals surface area contributed by atoms with Crippen LogP contribution in [0.1, 0.15) is 58.8 Å². The zero-order chi connectivity index (χ0) is 21.4. The minimum Gasteiger partial charge on any atom is -0.469 e. The van der Waals surface area contributed by atoms with Gasteiger partial charge in [0.2, 0.25) is 0 Å². The molecule has 6 nitrogen and oxygen atoms in total. The van der Waals surface area contributed by atoms with Crippen molar-refractivity contribution in [2.24, 2.45) is 34.0 Å². The molecule has 1 spiro atoms. The molecule has 0 aromatic heterocycles. The van der Waals surface area contributed by atoms with Crippen LogP contribution in [-0.2, 0) is 28.6 Å². The zero-order valence-electron chi connectivity index (χ0n) is 17.8. The van der Waals surface area contributed by atoms with E-state index in [1.165, 1.54) is 7.11 Å². The summed E-state index contributed by atoms with van der Waals surface area (Å²) in [5.74, 6) is -0.658. The van der Waals surface area contributed by atoms with Crippen LogP contribution in [0.2, 0.25) is 0 Å². The first kappa shape index (κ1) is 21.0. The fourth-order valence-corrected chi connectivity index (χ4v) is 8.31. The number of fused-ring (bicyclic) bond motifs is 3. The summed E-state index contributed by atoms with van der Waals surface area (Å²) in [5, 5.41) is 0. The minimum absolute atomic E-state index is 0.0542. The second kappa shape index (κ2) is 6.39. The summed E-state index contributed by atoms with van der Waals surface area (Å²) >= 11 is 0. The molecule has 6 atom stereocenters. The van der Waals surface area contributed by atoms with Gasteiger partial charge in [-0.3, -0.25) is 13.8 Å². The van der Waals surface area contributed by atoms with Crippen molar-refractivity contribution in [3.8, 4) is 0 Å². The van der Waals surface area contributed by atoms with Gasteiger partial charge in [0.25, 0.3) is 10.1 Å². The standard InChI is InChI=1S/C22H32O6S/c1-13-14-7-10-22(18(13)23)16(11-14)21(19(24)27-4)9-6-8-20(2,3)15(21)12-17(22)28-29(5,25)26/h14-17H,1,6-12H2,2-5H3/t14-,15?,16?,17+,21?,22+/m0/s1. The van der Waals surface area contributed by atoms with E-state index in [9.17, 15) is 18.0 Å². The van der Waals surface area contributed by atoms with Gasteiger partial charge in [-0.05, 0) is 67.3 Å². The van der Waals surface area contributed by atoms with Crippen LogP contribution in [0.4, 0.5) is 0 Å². The van der Waals surface area contributed by atoms with E-state index in [0.29, 0.717) is 31.3 Å². The SMILES string of the molecule is C=C1C(=O)[C@]23CC[C@H]1CC2C1(C(=O)OC)CCCC(C)(C)C1C[C@H]3OS(C)(=O)=O. The first-order chi connectivity index (χ1) is 13.4. The molecule has 0 aromatic carbocycles. The summed E-state index contributed by atoms with van der Waals surface area (Å²) < 4.78 is 35.4. The molecule has 5 aliphatic rings. The Morgan fingerprint density at radius 2 is 1.83 bits per heavy atom. The van der Waals surface area contributed by atoms with Gasteiger partial charge in [-0.2, -0.15) is 8.42 Å². The third-order valence-corrected chi connectivity index (χ3v) is 9.32. The molecule has 0 radical (unpaired) electrons. The van der Waals surface area contributed by atoms with Crippen molar-refractivity contribution in [2.45, 2.75) is 64.9 Å². The van der Waals surface area contributed by atoms with E-state index >= 15 is 0 Å². The zero-order valence-corrected chi connectivity index (χ0v) is 18.6. The van der Waals surface area contributed by atoms with Crippen LogP contribution in [0, 0.1) is 34.0 Å². The number of hydrogen-bond acceptors (Lipinski definition) is 6. The molecular weight excluding hydrogens is 392 g/mol. The lowest BCUT2D eigenvalue weighted by Gasteiger charge is -2.67. The highest BCUT2D eigenvalue weighted by Gasteiger charge is 2.74. The third kappa shape index (κ3) is 2.72. The highest BCUT2D eigenvalue weighted by Crippen LogP contribution is 2.72. The molecule has 5 fully saturated rings. The maximum Gasteiger partial charge on any atom is 0.312 e.